The van der Waals surface area contributed by atoms with Gasteiger partial charge in [-0.1, -0.05) is 24.3 Å². The van der Waals surface area contributed by atoms with Crippen LogP contribution in [0.1, 0.15) is 29.5 Å². The molecule has 0 saturated carbocycles. The van der Waals surface area contributed by atoms with Crippen molar-refractivity contribution in [2.75, 3.05) is 32.1 Å². The molecule has 0 bridgehead atoms. The van der Waals surface area contributed by atoms with E-state index in [0.717, 1.165) is 25.9 Å². The first-order chi connectivity index (χ1) is 18.7. The number of ether oxygens (including phenoxy) is 3. The van der Waals surface area contributed by atoms with Gasteiger partial charge in [0.25, 0.3) is 0 Å². The number of carbonyl (C=O) groups excluding carboxylic acids is 1. The van der Waals surface area contributed by atoms with Crippen LogP contribution in [0.4, 0.5) is 23.8 Å². The number of anilines is 1. The maximum atomic E-state index is 12.9. The van der Waals surface area contributed by atoms with E-state index in [0.29, 0.717) is 41.0 Å². The Morgan fingerprint density at radius 2 is 2.00 bits per heavy atom. The van der Waals surface area contributed by atoms with Crippen molar-refractivity contribution < 1.29 is 32.2 Å². The summed E-state index contributed by atoms with van der Waals surface area (Å²) in [6.45, 7) is 4.14. The summed E-state index contributed by atoms with van der Waals surface area (Å²) in [4.78, 5) is 12.9. The van der Waals surface area contributed by atoms with Crippen molar-refractivity contribution in [1.82, 2.24) is 20.4 Å². The van der Waals surface area contributed by atoms with Gasteiger partial charge in [0.15, 0.2) is 0 Å². The monoisotopic (exact) mass is 547 g/mol. The van der Waals surface area contributed by atoms with Crippen LogP contribution in [-0.4, -0.2) is 49.0 Å². The summed E-state index contributed by atoms with van der Waals surface area (Å²) in [7, 11) is 1.48. The zero-order chi connectivity index (χ0) is 27.8. The van der Waals surface area contributed by atoms with Crippen LogP contribution in [0.25, 0.3) is 5.69 Å². The van der Waals surface area contributed by atoms with Gasteiger partial charge in [-0.2, -0.15) is 0 Å². The molecule has 2 aromatic carbocycles. The van der Waals surface area contributed by atoms with Crippen LogP contribution in [0.3, 0.4) is 0 Å². The fourth-order valence-corrected chi connectivity index (χ4v) is 4.36. The SMILES string of the molecule is COCc1ccc(OC(F)(F)F)c(CNC(=O)Nc2c(C)c(OCC3CCCNC3)nn2-c2ccccc2)c1. The predicted molar refractivity (Wildman–Crippen MR) is 139 cm³/mol. The first-order valence-corrected chi connectivity index (χ1v) is 12.6. The Hall–Kier alpha value is -3.77. The highest BCUT2D eigenvalue weighted by Gasteiger charge is 2.32. The van der Waals surface area contributed by atoms with E-state index >= 15 is 0 Å². The molecule has 1 aromatic heterocycles. The zero-order valence-corrected chi connectivity index (χ0v) is 21.8. The van der Waals surface area contributed by atoms with Gasteiger partial charge in [-0.25, -0.2) is 9.48 Å². The summed E-state index contributed by atoms with van der Waals surface area (Å²) in [6, 6.07) is 12.8. The third-order valence-corrected chi connectivity index (χ3v) is 6.27. The second-order valence-corrected chi connectivity index (χ2v) is 9.28. The molecule has 39 heavy (non-hydrogen) atoms. The lowest BCUT2D eigenvalue weighted by atomic mass is 10.0. The van der Waals surface area contributed by atoms with Crippen molar-refractivity contribution in [2.24, 2.45) is 5.92 Å². The van der Waals surface area contributed by atoms with E-state index in [4.69, 9.17) is 9.47 Å². The molecule has 0 spiro atoms. The summed E-state index contributed by atoms with van der Waals surface area (Å²) in [5, 5.41) is 13.4. The van der Waals surface area contributed by atoms with Crippen LogP contribution >= 0.6 is 0 Å². The van der Waals surface area contributed by atoms with E-state index in [-0.39, 0.29) is 18.7 Å². The highest BCUT2D eigenvalue weighted by Crippen LogP contribution is 2.30. The molecule has 3 N–H and O–H groups in total. The Labute approximate surface area is 224 Å². The first kappa shape index (κ1) is 28.2. The van der Waals surface area contributed by atoms with Crippen LogP contribution in [0.2, 0.25) is 0 Å². The molecule has 12 heteroatoms. The molecule has 0 radical (unpaired) electrons. The second-order valence-electron chi connectivity index (χ2n) is 9.28. The minimum absolute atomic E-state index is 0.149. The Bertz CT molecular complexity index is 1240. The van der Waals surface area contributed by atoms with Crippen molar-refractivity contribution >= 4 is 11.8 Å². The number of methoxy groups -OCH3 is 1. The van der Waals surface area contributed by atoms with Gasteiger partial charge in [0.05, 0.1) is 24.5 Å². The molecule has 1 unspecified atom stereocenters. The number of para-hydroxylation sites is 1. The lowest BCUT2D eigenvalue weighted by molar-refractivity contribution is -0.274. The van der Waals surface area contributed by atoms with Crippen molar-refractivity contribution in [3.63, 3.8) is 0 Å². The van der Waals surface area contributed by atoms with E-state index in [1.54, 1.807) is 11.6 Å². The number of urea groups is 1. The fraction of sp³-hybridized carbons (Fsp3) is 0.407. The molecule has 9 nitrogen and oxygen atoms in total. The van der Waals surface area contributed by atoms with Crippen molar-refractivity contribution in [1.29, 1.82) is 0 Å². The number of aromatic nitrogens is 2. The molecule has 1 fully saturated rings. The van der Waals surface area contributed by atoms with Gasteiger partial charge in [-0.15, -0.1) is 18.3 Å². The average molecular weight is 548 g/mol. The quantitative estimate of drug-likeness (QED) is 0.333. The summed E-state index contributed by atoms with van der Waals surface area (Å²) < 4.78 is 55.6. The highest BCUT2D eigenvalue weighted by molar-refractivity contribution is 5.89. The van der Waals surface area contributed by atoms with Crippen LogP contribution in [0.15, 0.2) is 48.5 Å². The largest absolute Gasteiger partial charge is 0.573 e. The van der Waals surface area contributed by atoms with E-state index in [1.807, 2.05) is 30.3 Å². The topological polar surface area (TPSA) is 98.7 Å². The summed E-state index contributed by atoms with van der Waals surface area (Å²) in [6.07, 6.45) is -2.73. The van der Waals surface area contributed by atoms with Gasteiger partial charge >= 0.3 is 12.4 Å². The average Bonchev–Trinajstić information content (AvgIpc) is 3.22. The molecule has 1 aliphatic rings. The summed E-state index contributed by atoms with van der Waals surface area (Å²) in [5.41, 5.74) is 2.12. The van der Waals surface area contributed by atoms with E-state index in [9.17, 15) is 18.0 Å². The number of rotatable bonds is 10. The van der Waals surface area contributed by atoms with Crippen LogP contribution in [-0.2, 0) is 17.9 Å². The third kappa shape index (κ3) is 7.87. The Morgan fingerprint density at radius 3 is 2.69 bits per heavy atom. The maximum absolute atomic E-state index is 12.9. The van der Waals surface area contributed by atoms with Gasteiger partial charge in [-0.3, -0.25) is 5.32 Å². The molecule has 1 atom stereocenters. The molecular weight excluding hydrogens is 515 g/mol. The van der Waals surface area contributed by atoms with Crippen molar-refractivity contribution in [2.45, 2.75) is 39.3 Å². The smallest absolute Gasteiger partial charge is 0.476 e. The van der Waals surface area contributed by atoms with Crippen molar-refractivity contribution in [3.05, 3.63) is 65.2 Å². The fourth-order valence-electron chi connectivity index (χ4n) is 4.36. The standard InChI is InChI=1S/C27H32F3N5O4/c1-18-24(33-26(36)32-15-21-13-19(16-37-2)10-11-23(21)39-27(28,29)30)35(22-8-4-3-5-9-22)34-25(18)38-17-20-7-6-12-31-14-20/h3-5,8-11,13,20,31H,6-7,12,14-17H2,1-2H3,(H2,32,33,36). The van der Waals surface area contributed by atoms with Gasteiger partial charge in [0.1, 0.15) is 11.6 Å². The number of halogens is 3. The Balaban J connectivity index is 1.51. The highest BCUT2D eigenvalue weighted by atomic mass is 19.4. The molecule has 1 aliphatic heterocycles. The van der Waals surface area contributed by atoms with Crippen LogP contribution < -0.4 is 25.4 Å². The lowest BCUT2D eigenvalue weighted by Gasteiger charge is -2.22. The first-order valence-electron chi connectivity index (χ1n) is 12.6. The number of nitrogens with one attached hydrogen (secondary N) is 3. The van der Waals surface area contributed by atoms with Gasteiger partial charge in [-0.05, 0) is 56.1 Å². The number of nitrogens with zero attached hydrogens (tertiary/aromatic N) is 2. The van der Waals surface area contributed by atoms with E-state index < -0.39 is 18.1 Å². The molecule has 210 valence electrons. The third-order valence-electron chi connectivity index (χ3n) is 6.27. The summed E-state index contributed by atoms with van der Waals surface area (Å²) >= 11 is 0. The minimum atomic E-state index is -4.87. The lowest BCUT2D eigenvalue weighted by Crippen LogP contribution is -2.33. The number of amides is 2. The number of hydrogen-bond acceptors (Lipinski definition) is 6. The number of piperidine rings is 1. The molecule has 2 heterocycles. The molecule has 4 rings (SSSR count). The van der Waals surface area contributed by atoms with Crippen LogP contribution in [0, 0.1) is 12.8 Å². The minimum Gasteiger partial charge on any atom is -0.476 e. The predicted octanol–water partition coefficient (Wildman–Crippen LogP) is 4.93. The van der Waals surface area contributed by atoms with E-state index in [1.165, 1.54) is 25.3 Å². The molecule has 1 saturated heterocycles. The van der Waals surface area contributed by atoms with Gasteiger partial charge < -0.3 is 24.8 Å². The van der Waals surface area contributed by atoms with Gasteiger partial charge in [0, 0.05) is 31.7 Å². The number of carbonyl (C=O) groups is 1. The molecular formula is C27H32F3N5O4. The summed E-state index contributed by atoms with van der Waals surface area (Å²) in [5.74, 6) is 0.742. The number of benzene rings is 2. The Morgan fingerprint density at radius 1 is 1.21 bits per heavy atom. The normalized spacial score (nSPS) is 15.6. The molecule has 2 amide bonds. The number of alkyl halides is 3. The van der Waals surface area contributed by atoms with Crippen LogP contribution in [0.5, 0.6) is 11.6 Å². The number of hydrogen-bond donors (Lipinski definition) is 3. The molecule has 3 aromatic rings. The van der Waals surface area contributed by atoms with Gasteiger partial charge in [0.2, 0.25) is 5.88 Å². The zero-order valence-electron chi connectivity index (χ0n) is 21.8. The maximum Gasteiger partial charge on any atom is 0.573 e. The second kappa shape index (κ2) is 12.9. The Kier molecular flexibility index (Phi) is 9.31. The van der Waals surface area contributed by atoms with E-state index in [2.05, 4.69) is 25.8 Å². The van der Waals surface area contributed by atoms with Crippen molar-refractivity contribution in [3.8, 4) is 17.3 Å². The molecule has 0 aliphatic carbocycles.